The average Bonchev–Trinajstić information content (AvgIpc) is 2.76. The van der Waals surface area contributed by atoms with Gasteiger partial charge in [-0.05, 0) is 50.2 Å². The Morgan fingerprint density at radius 2 is 1.84 bits per heavy atom. The van der Waals surface area contributed by atoms with E-state index in [1.807, 2.05) is 18.7 Å². The molecule has 0 amide bonds. The summed E-state index contributed by atoms with van der Waals surface area (Å²) in [5.74, 6) is -0.617. The third kappa shape index (κ3) is 3.69. The largest absolute Gasteiger partial charge is 0.416 e. The van der Waals surface area contributed by atoms with Gasteiger partial charge in [-0.2, -0.15) is 13.2 Å². The first kappa shape index (κ1) is 16.0. The highest BCUT2D eigenvalue weighted by Gasteiger charge is 2.37. The maximum atomic E-state index is 13.1. The van der Waals surface area contributed by atoms with Crippen LogP contribution in [0.3, 0.4) is 0 Å². The van der Waals surface area contributed by atoms with Crippen molar-refractivity contribution in [3.63, 3.8) is 0 Å². The number of hydrogen-bond acceptors (Lipinski definition) is 1. The van der Waals surface area contributed by atoms with Crippen molar-refractivity contribution in [1.82, 2.24) is 4.90 Å². The summed E-state index contributed by atoms with van der Waals surface area (Å²) in [5.41, 5.74) is -0.671. The molecule has 2 rings (SSSR count). The van der Waals surface area contributed by atoms with Crippen LogP contribution in [0, 0.1) is 5.82 Å². The van der Waals surface area contributed by atoms with Crippen molar-refractivity contribution in [1.29, 1.82) is 0 Å². The molecule has 0 radical (unpaired) electrons. The lowest BCUT2D eigenvalue weighted by molar-refractivity contribution is -0.138. The zero-order valence-electron chi connectivity index (χ0n) is 11.4. The van der Waals surface area contributed by atoms with Crippen LogP contribution in [0.5, 0.6) is 0 Å². The molecule has 1 aromatic rings. The zero-order valence-corrected chi connectivity index (χ0v) is 11.4. The van der Waals surface area contributed by atoms with E-state index in [0.717, 1.165) is 31.2 Å². The Labute approximate surface area is 111 Å². The Morgan fingerprint density at radius 3 is 2.32 bits per heavy atom. The van der Waals surface area contributed by atoms with Crippen molar-refractivity contribution in [2.75, 3.05) is 13.6 Å². The Hall–Kier alpha value is -1.10. The monoisotopic (exact) mass is 277 g/mol. The van der Waals surface area contributed by atoms with Crippen molar-refractivity contribution in [2.24, 2.45) is 0 Å². The lowest BCUT2D eigenvalue weighted by atomic mass is 9.98. The molecule has 1 atom stereocenters. The summed E-state index contributed by atoms with van der Waals surface area (Å²) in [6.07, 6.45) is -2.94. The van der Waals surface area contributed by atoms with Crippen molar-refractivity contribution >= 4 is 0 Å². The molecule has 1 unspecified atom stereocenters. The van der Waals surface area contributed by atoms with Crippen LogP contribution in [-0.2, 0) is 6.18 Å². The summed E-state index contributed by atoms with van der Waals surface area (Å²) >= 11 is 0. The SMILES string of the molecule is CC.CN1CCCC1c1cc(F)ccc1C(F)(F)F. The molecule has 0 bridgehead atoms. The number of hydrogen-bond donors (Lipinski definition) is 0. The summed E-state index contributed by atoms with van der Waals surface area (Å²) in [6, 6.07) is 2.37. The van der Waals surface area contributed by atoms with E-state index in [9.17, 15) is 17.6 Å². The van der Waals surface area contributed by atoms with Crippen molar-refractivity contribution < 1.29 is 17.6 Å². The fourth-order valence-electron chi connectivity index (χ4n) is 2.37. The van der Waals surface area contributed by atoms with Crippen LogP contribution in [0.1, 0.15) is 43.9 Å². The smallest absolute Gasteiger partial charge is 0.299 e. The van der Waals surface area contributed by atoms with Gasteiger partial charge in [-0.25, -0.2) is 4.39 Å². The Morgan fingerprint density at radius 1 is 1.21 bits per heavy atom. The van der Waals surface area contributed by atoms with Gasteiger partial charge in [0.15, 0.2) is 0 Å². The first-order valence-electron chi connectivity index (χ1n) is 6.46. The minimum absolute atomic E-state index is 0.0532. The fourth-order valence-corrected chi connectivity index (χ4v) is 2.37. The van der Waals surface area contributed by atoms with E-state index < -0.39 is 17.6 Å². The van der Waals surface area contributed by atoms with Gasteiger partial charge < -0.3 is 0 Å². The Bertz CT molecular complexity index is 414. The second kappa shape index (κ2) is 6.37. The molecule has 0 N–H and O–H groups in total. The van der Waals surface area contributed by atoms with Gasteiger partial charge in [-0.3, -0.25) is 4.90 Å². The van der Waals surface area contributed by atoms with Crippen LogP contribution in [0.15, 0.2) is 18.2 Å². The molecule has 0 spiro atoms. The van der Waals surface area contributed by atoms with E-state index in [4.69, 9.17) is 0 Å². The van der Waals surface area contributed by atoms with E-state index in [1.54, 1.807) is 7.05 Å². The maximum absolute atomic E-state index is 13.1. The van der Waals surface area contributed by atoms with Crippen molar-refractivity contribution in [2.45, 2.75) is 38.9 Å². The second-order valence-corrected chi connectivity index (χ2v) is 4.37. The number of benzene rings is 1. The fraction of sp³-hybridized carbons (Fsp3) is 0.571. The second-order valence-electron chi connectivity index (χ2n) is 4.37. The first-order valence-corrected chi connectivity index (χ1v) is 6.46. The molecule has 1 nitrogen and oxygen atoms in total. The summed E-state index contributed by atoms with van der Waals surface area (Å²) in [7, 11) is 1.77. The third-order valence-corrected chi connectivity index (χ3v) is 3.20. The lowest BCUT2D eigenvalue weighted by Gasteiger charge is -2.23. The van der Waals surface area contributed by atoms with Gasteiger partial charge in [0.1, 0.15) is 5.82 Å². The van der Waals surface area contributed by atoms with E-state index in [2.05, 4.69) is 0 Å². The van der Waals surface area contributed by atoms with Crippen LogP contribution in [-0.4, -0.2) is 18.5 Å². The zero-order chi connectivity index (χ0) is 14.6. The summed E-state index contributed by atoms with van der Waals surface area (Å²) in [4.78, 5) is 1.84. The van der Waals surface area contributed by atoms with Crippen LogP contribution in [0.25, 0.3) is 0 Å². The molecular weight excluding hydrogens is 258 g/mol. The lowest BCUT2D eigenvalue weighted by Crippen LogP contribution is -2.21. The molecule has 1 aliphatic heterocycles. The van der Waals surface area contributed by atoms with E-state index in [1.165, 1.54) is 0 Å². The third-order valence-electron chi connectivity index (χ3n) is 3.20. The Balaban J connectivity index is 0.000000861. The van der Waals surface area contributed by atoms with Gasteiger partial charge in [0, 0.05) is 6.04 Å². The van der Waals surface area contributed by atoms with Crippen LogP contribution < -0.4 is 0 Å². The minimum atomic E-state index is -4.42. The van der Waals surface area contributed by atoms with E-state index in [-0.39, 0.29) is 11.6 Å². The number of likely N-dealkylation sites (tertiary alicyclic amines) is 1. The molecule has 108 valence electrons. The van der Waals surface area contributed by atoms with Gasteiger partial charge in [0.2, 0.25) is 0 Å². The van der Waals surface area contributed by atoms with Crippen molar-refractivity contribution in [3.8, 4) is 0 Å². The number of alkyl halides is 3. The van der Waals surface area contributed by atoms with Gasteiger partial charge in [-0.15, -0.1) is 0 Å². The molecule has 1 aromatic carbocycles. The molecule has 5 heteroatoms. The molecule has 1 aliphatic rings. The first-order chi connectivity index (χ1) is 8.89. The molecule has 0 saturated carbocycles. The van der Waals surface area contributed by atoms with Gasteiger partial charge >= 0.3 is 6.18 Å². The normalized spacial score (nSPS) is 20.1. The average molecular weight is 277 g/mol. The molecule has 1 heterocycles. The standard InChI is InChI=1S/C12H13F4N.C2H6/c1-17-6-2-3-11(17)9-7-8(13)4-5-10(9)12(14,15)16;1-2/h4-5,7,11H,2-3,6H2,1H3;1-2H3. The Kier molecular flexibility index (Phi) is 5.35. The predicted octanol–water partition coefficient (Wildman–Crippen LogP) is 4.64. The maximum Gasteiger partial charge on any atom is 0.416 e. The number of nitrogens with zero attached hydrogens (tertiary/aromatic N) is 1. The number of rotatable bonds is 1. The number of halogens is 4. The minimum Gasteiger partial charge on any atom is -0.299 e. The van der Waals surface area contributed by atoms with Crippen LogP contribution in [0.4, 0.5) is 17.6 Å². The topological polar surface area (TPSA) is 3.24 Å². The van der Waals surface area contributed by atoms with Gasteiger partial charge in [-0.1, -0.05) is 13.8 Å². The quantitative estimate of drug-likeness (QED) is 0.676. The molecule has 0 aliphatic carbocycles. The highest BCUT2D eigenvalue weighted by atomic mass is 19.4. The molecule has 0 aromatic heterocycles. The van der Waals surface area contributed by atoms with Crippen LogP contribution >= 0.6 is 0 Å². The summed E-state index contributed by atoms with van der Waals surface area (Å²) in [6.45, 7) is 4.75. The molecular formula is C14H19F4N. The highest BCUT2D eigenvalue weighted by molar-refractivity contribution is 5.33. The summed E-state index contributed by atoms with van der Waals surface area (Å²) < 4.78 is 51.6. The van der Waals surface area contributed by atoms with Crippen molar-refractivity contribution in [3.05, 3.63) is 35.1 Å². The molecule has 1 fully saturated rings. The predicted molar refractivity (Wildman–Crippen MR) is 67.4 cm³/mol. The van der Waals surface area contributed by atoms with Gasteiger partial charge in [0.05, 0.1) is 5.56 Å². The summed E-state index contributed by atoms with van der Waals surface area (Å²) in [5, 5.41) is 0. The van der Waals surface area contributed by atoms with Crippen LogP contribution in [0.2, 0.25) is 0 Å². The highest BCUT2D eigenvalue weighted by Crippen LogP contribution is 2.39. The molecule has 1 saturated heterocycles. The van der Waals surface area contributed by atoms with E-state index in [0.29, 0.717) is 6.42 Å². The van der Waals surface area contributed by atoms with E-state index >= 15 is 0 Å². The molecule has 19 heavy (non-hydrogen) atoms. The van der Waals surface area contributed by atoms with Gasteiger partial charge in [0.25, 0.3) is 0 Å².